The summed E-state index contributed by atoms with van der Waals surface area (Å²) in [6, 6.07) is 9.61. The van der Waals surface area contributed by atoms with Crippen molar-refractivity contribution in [2.24, 2.45) is 0 Å². The molecule has 18 heavy (non-hydrogen) atoms. The molecule has 6 heteroatoms. The van der Waals surface area contributed by atoms with E-state index >= 15 is 0 Å². The Labute approximate surface area is 107 Å². The van der Waals surface area contributed by atoms with Crippen LogP contribution in [0.25, 0.3) is 0 Å². The van der Waals surface area contributed by atoms with Crippen LogP contribution in [0.4, 0.5) is 0 Å². The topological polar surface area (TPSA) is 85.0 Å². The lowest BCUT2D eigenvalue weighted by atomic mass is 10.1. The summed E-state index contributed by atoms with van der Waals surface area (Å²) in [5, 5.41) is 17.6. The maximum atomic E-state index is 12.0. The minimum atomic E-state index is -3.60. The van der Waals surface area contributed by atoms with Gasteiger partial charge in [0, 0.05) is 7.05 Å². The molecule has 1 aromatic carbocycles. The Bertz CT molecular complexity index is 611. The molecule has 0 saturated heterocycles. The standard InChI is InChI=1S/C12H13N3O2S/c1-10(7-13)15(2)18(16,17)9-12-6-4-3-5-11(12)8-14/h3-6,10H,9H2,1-2H3. The minimum absolute atomic E-state index is 0.279. The molecule has 0 aliphatic heterocycles. The van der Waals surface area contributed by atoms with E-state index in [9.17, 15) is 8.42 Å². The van der Waals surface area contributed by atoms with Gasteiger partial charge in [0.1, 0.15) is 6.04 Å². The van der Waals surface area contributed by atoms with Gasteiger partial charge in [0.05, 0.1) is 23.5 Å². The van der Waals surface area contributed by atoms with E-state index in [1.807, 2.05) is 12.1 Å². The molecule has 0 aliphatic rings. The number of nitriles is 2. The van der Waals surface area contributed by atoms with Gasteiger partial charge < -0.3 is 0 Å². The van der Waals surface area contributed by atoms with Gasteiger partial charge in [0.25, 0.3) is 0 Å². The Balaban J connectivity index is 3.05. The van der Waals surface area contributed by atoms with Crippen molar-refractivity contribution in [3.63, 3.8) is 0 Å². The molecule has 0 N–H and O–H groups in total. The molecule has 0 bridgehead atoms. The summed E-state index contributed by atoms with van der Waals surface area (Å²) in [6.07, 6.45) is 0. The van der Waals surface area contributed by atoms with Gasteiger partial charge in [-0.15, -0.1) is 0 Å². The van der Waals surface area contributed by atoms with E-state index < -0.39 is 16.1 Å². The molecule has 1 unspecified atom stereocenters. The lowest BCUT2D eigenvalue weighted by Crippen LogP contribution is -2.35. The molecular weight excluding hydrogens is 250 g/mol. The van der Waals surface area contributed by atoms with Crippen LogP contribution < -0.4 is 0 Å². The van der Waals surface area contributed by atoms with Crippen LogP contribution in [-0.4, -0.2) is 25.8 Å². The Morgan fingerprint density at radius 1 is 1.33 bits per heavy atom. The molecule has 0 fully saturated rings. The molecule has 0 spiro atoms. The quantitative estimate of drug-likeness (QED) is 0.817. The number of hydrogen-bond donors (Lipinski definition) is 0. The van der Waals surface area contributed by atoms with Crippen molar-refractivity contribution in [2.45, 2.75) is 18.7 Å². The molecule has 94 valence electrons. The molecule has 5 nitrogen and oxygen atoms in total. The highest BCUT2D eigenvalue weighted by Crippen LogP contribution is 2.15. The van der Waals surface area contributed by atoms with Gasteiger partial charge in [-0.3, -0.25) is 0 Å². The van der Waals surface area contributed by atoms with Gasteiger partial charge in [-0.25, -0.2) is 8.42 Å². The predicted molar refractivity (Wildman–Crippen MR) is 66.6 cm³/mol. The summed E-state index contributed by atoms with van der Waals surface area (Å²) < 4.78 is 25.1. The van der Waals surface area contributed by atoms with Crippen molar-refractivity contribution < 1.29 is 8.42 Å². The van der Waals surface area contributed by atoms with Crippen LogP contribution in [0.15, 0.2) is 24.3 Å². The van der Waals surface area contributed by atoms with Gasteiger partial charge >= 0.3 is 0 Å². The lowest BCUT2D eigenvalue weighted by Gasteiger charge is -2.19. The van der Waals surface area contributed by atoms with Crippen LogP contribution in [0.3, 0.4) is 0 Å². The summed E-state index contributed by atoms with van der Waals surface area (Å²) in [6.45, 7) is 1.51. The Morgan fingerprint density at radius 3 is 2.50 bits per heavy atom. The van der Waals surface area contributed by atoms with Crippen molar-refractivity contribution in [3.05, 3.63) is 35.4 Å². The zero-order valence-corrected chi connectivity index (χ0v) is 11.0. The second-order valence-electron chi connectivity index (χ2n) is 3.85. The molecule has 0 aliphatic carbocycles. The summed E-state index contributed by atoms with van der Waals surface area (Å²) >= 11 is 0. The minimum Gasteiger partial charge on any atom is -0.212 e. The maximum Gasteiger partial charge on any atom is 0.219 e. The normalized spacial score (nSPS) is 12.7. The number of sulfonamides is 1. The molecule has 0 heterocycles. The molecule has 0 saturated carbocycles. The summed E-state index contributed by atoms with van der Waals surface area (Å²) in [7, 11) is -2.24. The van der Waals surface area contributed by atoms with Crippen LogP contribution in [-0.2, 0) is 15.8 Å². The first-order chi connectivity index (χ1) is 8.42. The zero-order valence-electron chi connectivity index (χ0n) is 10.2. The summed E-state index contributed by atoms with van der Waals surface area (Å²) in [4.78, 5) is 0. The van der Waals surface area contributed by atoms with Gasteiger partial charge in [-0.05, 0) is 18.6 Å². The van der Waals surface area contributed by atoms with E-state index in [2.05, 4.69) is 0 Å². The van der Waals surface area contributed by atoms with Crippen molar-refractivity contribution in [3.8, 4) is 12.1 Å². The lowest BCUT2D eigenvalue weighted by molar-refractivity contribution is 0.441. The SMILES string of the molecule is CC(C#N)N(C)S(=O)(=O)Cc1ccccc1C#N. The third-order valence-electron chi connectivity index (χ3n) is 2.65. The Kier molecular flexibility index (Phi) is 4.43. The molecular formula is C12H13N3O2S. The molecule has 0 radical (unpaired) electrons. The fraction of sp³-hybridized carbons (Fsp3) is 0.333. The first kappa shape index (κ1) is 14.2. The van der Waals surface area contributed by atoms with Crippen LogP contribution >= 0.6 is 0 Å². The van der Waals surface area contributed by atoms with E-state index in [1.54, 1.807) is 24.3 Å². The Morgan fingerprint density at radius 2 is 1.94 bits per heavy atom. The van der Waals surface area contributed by atoms with Crippen LogP contribution in [0, 0.1) is 22.7 Å². The van der Waals surface area contributed by atoms with Crippen LogP contribution in [0.5, 0.6) is 0 Å². The van der Waals surface area contributed by atoms with Gasteiger partial charge in [0.15, 0.2) is 0 Å². The van der Waals surface area contributed by atoms with E-state index in [-0.39, 0.29) is 5.75 Å². The fourth-order valence-electron chi connectivity index (χ4n) is 1.38. The van der Waals surface area contributed by atoms with Gasteiger partial charge in [-0.2, -0.15) is 14.8 Å². The largest absolute Gasteiger partial charge is 0.219 e. The molecule has 0 amide bonds. The van der Waals surface area contributed by atoms with Crippen molar-refractivity contribution >= 4 is 10.0 Å². The first-order valence-corrected chi connectivity index (χ1v) is 6.86. The molecule has 1 rings (SSSR count). The highest BCUT2D eigenvalue weighted by molar-refractivity contribution is 7.88. The highest BCUT2D eigenvalue weighted by atomic mass is 32.2. The number of rotatable bonds is 4. The fourth-order valence-corrected chi connectivity index (χ4v) is 2.75. The van der Waals surface area contributed by atoms with Gasteiger partial charge in [0.2, 0.25) is 10.0 Å². The summed E-state index contributed by atoms with van der Waals surface area (Å²) in [5.74, 6) is -0.279. The second-order valence-corrected chi connectivity index (χ2v) is 5.87. The third kappa shape index (κ3) is 3.07. The third-order valence-corrected chi connectivity index (χ3v) is 4.52. The number of nitrogens with zero attached hydrogens (tertiary/aromatic N) is 3. The second kappa shape index (κ2) is 5.63. The van der Waals surface area contributed by atoms with E-state index in [1.165, 1.54) is 14.0 Å². The monoisotopic (exact) mass is 263 g/mol. The van der Waals surface area contributed by atoms with Crippen LogP contribution in [0.2, 0.25) is 0 Å². The van der Waals surface area contributed by atoms with E-state index in [0.717, 1.165) is 4.31 Å². The van der Waals surface area contributed by atoms with E-state index in [4.69, 9.17) is 10.5 Å². The average Bonchev–Trinajstić information content (AvgIpc) is 2.37. The van der Waals surface area contributed by atoms with Gasteiger partial charge in [-0.1, -0.05) is 18.2 Å². The smallest absolute Gasteiger partial charge is 0.212 e. The number of benzene rings is 1. The molecule has 1 aromatic rings. The van der Waals surface area contributed by atoms with E-state index in [0.29, 0.717) is 11.1 Å². The molecule has 0 aromatic heterocycles. The highest BCUT2D eigenvalue weighted by Gasteiger charge is 2.24. The number of hydrogen-bond acceptors (Lipinski definition) is 4. The summed E-state index contributed by atoms with van der Waals surface area (Å²) in [5.41, 5.74) is 0.774. The maximum absolute atomic E-state index is 12.0. The Hall–Kier alpha value is -1.89. The van der Waals surface area contributed by atoms with Crippen molar-refractivity contribution in [1.82, 2.24) is 4.31 Å². The van der Waals surface area contributed by atoms with Crippen molar-refractivity contribution in [2.75, 3.05) is 7.05 Å². The molecule has 1 atom stereocenters. The van der Waals surface area contributed by atoms with Crippen LogP contribution in [0.1, 0.15) is 18.1 Å². The average molecular weight is 263 g/mol. The predicted octanol–water partition coefficient (Wildman–Crippen LogP) is 1.23. The van der Waals surface area contributed by atoms with Crippen molar-refractivity contribution in [1.29, 1.82) is 10.5 Å². The first-order valence-electron chi connectivity index (χ1n) is 5.25. The zero-order chi connectivity index (χ0) is 13.8.